The minimum atomic E-state index is -0.355. The van der Waals surface area contributed by atoms with Crippen molar-refractivity contribution in [3.05, 3.63) is 53.3 Å². The van der Waals surface area contributed by atoms with Crippen LogP contribution in [0.5, 0.6) is 5.75 Å². The van der Waals surface area contributed by atoms with Crippen molar-refractivity contribution in [2.75, 3.05) is 12.4 Å². The van der Waals surface area contributed by atoms with E-state index in [0.717, 1.165) is 5.69 Å². The monoisotopic (exact) mass is 322 g/mol. The molecule has 0 radical (unpaired) electrons. The maximum absolute atomic E-state index is 12.0. The van der Waals surface area contributed by atoms with E-state index in [1.54, 1.807) is 18.2 Å². The molecule has 1 aromatic carbocycles. The number of ether oxygens (including phenoxy) is 1. The van der Waals surface area contributed by atoms with Gasteiger partial charge in [0.15, 0.2) is 0 Å². The van der Waals surface area contributed by atoms with Crippen molar-refractivity contribution in [3.8, 4) is 11.8 Å². The number of nitriles is 1. The third kappa shape index (κ3) is 3.82. The summed E-state index contributed by atoms with van der Waals surface area (Å²) in [5.74, 6) is 1.11. The Morgan fingerprint density at radius 2 is 2.21 bits per heavy atom. The van der Waals surface area contributed by atoms with Crippen molar-refractivity contribution in [2.24, 2.45) is 0 Å². The predicted molar refractivity (Wildman–Crippen MR) is 89.8 cm³/mol. The molecule has 0 spiro atoms. The van der Waals surface area contributed by atoms with Crippen molar-refractivity contribution in [2.45, 2.75) is 25.3 Å². The summed E-state index contributed by atoms with van der Waals surface area (Å²) in [6.07, 6.45) is 4.37. The maximum Gasteiger partial charge on any atom is 0.319 e. The molecule has 1 heterocycles. The molecular weight excluding hydrogens is 304 g/mol. The number of nitrogens with zero attached hydrogens (tertiary/aromatic N) is 2. The summed E-state index contributed by atoms with van der Waals surface area (Å²) < 4.78 is 5.19. The summed E-state index contributed by atoms with van der Waals surface area (Å²) >= 11 is 0. The number of anilines is 1. The van der Waals surface area contributed by atoms with Gasteiger partial charge in [0.05, 0.1) is 36.7 Å². The number of hydrogen-bond donors (Lipinski definition) is 2. The standard InChI is InChI=1S/C18H18N4O2/c1-24-17-8-12(9-19)2-7-16(17)22-18(23)21-11-15-6-5-14(10-20-15)13-3-4-13/h2,5-8,10,13H,3-4,11H2,1H3,(H2,21,22,23). The van der Waals surface area contributed by atoms with Gasteiger partial charge < -0.3 is 15.4 Å². The largest absolute Gasteiger partial charge is 0.495 e. The third-order valence-electron chi connectivity index (χ3n) is 3.91. The normalized spacial score (nSPS) is 13.0. The van der Waals surface area contributed by atoms with Crippen LogP contribution in [0.4, 0.5) is 10.5 Å². The molecule has 0 aliphatic heterocycles. The van der Waals surface area contributed by atoms with Gasteiger partial charge in [0, 0.05) is 12.3 Å². The van der Waals surface area contributed by atoms with E-state index in [9.17, 15) is 4.79 Å². The molecule has 0 bridgehead atoms. The smallest absolute Gasteiger partial charge is 0.319 e. The molecule has 2 aromatic rings. The number of benzene rings is 1. The fourth-order valence-electron chi connectivity index (χ4n) is 2.40. The number of methoxy groups -OCH3 is 1. The van der Waals surface area contributed by atoms with Crippen LogP contribution in [0.2, 0.25) is 0 Å². The highest BCUT2D eigenvalue weighted by Gasteiger charge is 2.23. The van der Waals surface area contributed by atoms with Gasteiger partial charge in [0.1, 0.15) is 5.75 Å². The Morgan fingerprint density at radius 3 is 2.83 bits per heavy atom. The number of amides is 2. The van der Waals surface area contributed by atoms with Gasteiger partial charge in [-0.25, -0.2) is 4.79 Å². The topological polar surface area (TPSA) is 87.0 Å². The van der Waals surface area contributed by atoms with E-state index in [0.29, 0.717) is 29.5 Å². The Kier molecular flexibility index (Phi) is 4.62. The number of rotatable bonds is 5. The van der Waals surface area contributed by atoms with E-state index in [1.165, 1.54) is 25.5 Å². The second-order valence-corrected chi connectivity index (χ2v) is 5.69. The van der Waals surface area contributed by atoms with Gasteiger partial charge in [-0.3, -0.25) is 4.98 Å². The van der Waals surface area contributed by atoms with E-state index in [-0.39, 0.29) is 6.03 Å². The van der Waals surface area contributed by atoms with E-state index >= 15 is 0 Å². The van der Waals surface area contributed by atoms with Crippen LogP contribution in [0.3, 0.4) is 0 Å². The summed E-state index contributed by atoms with van der Waals surface area (Å²) in [6, 6.07) is 10.5. The van der Waals surface area contributed by atoms with Crippen molar-refractivity contribution >= 4 is 11.7 Å². The van der Waals surface area contributed by atoms with E-state index in [2.05, 4.69) is 21.7 Å². The van der Waals surface area contributed by atoms with Crippen molar-refractivity contribution in [1.82, 2.24) is 10.3 Å². The first-order valence-electron chi connectivity index (χ1n) is 7.77. The van der Waals surface area contributed by atoms with Crippen LogP contribution < -0.4 is 15.4 Å². The number of nitrogens with one attached hydrogen (secondary N) is 2. The molecule has 24 heavy (non-hydrogen) atoms. The molecule has 1 saturated carbocycles. The van der Waals surface area contributed by atoms with Crippen LogP contribution in [0.1, 0.15) is 35.6 Å². The molecule has 1 aliphatic carbocycles. The number of pyridine rings is 1. The number of hydrogen-bond acceptors (Lipinski definition) is 4. The minimum Gasteiger partial charge on any atom is -0.495 e. The summed E-state index contributed by atoms with van der Waals surface area (Å²) in [5, 5.41) is 14.4. The molecule has 1 fully saturated rings. The van der Waals surface area contributed by atoms with Gasteiger partial charge in [0.25, 0.3) is 0 Å². The van der Waals surface area contributed by atoms with Gasteiger partial charge in [-0.1, -0.05) is 6.07 Å². The number of aromatic nitrogens is 1. The molecule has 6 heteroatoms. The van der Waals surface area contributed by atoms with Crippen LogP contribution in [0.15, 0.2) is 36.5 Å². The molecule has 3 rings (SSSR count). The summed E-state index contributed by atoms with van der Waals surface area (Å²) in [5.41, 5.74) is 3.05. The predicted octanol–water partition coefficient (Wildman–Crippen LogP) is 3.16. The van der Waals surface area contributed by atoms with E-state index < -0.39 is 0 Å². The molecule has 2 N–H and O–H groups in total. The van der Waals surface area contributed by atoms with Gasteiger partial charge in [-0.2, -0.15) is 5.26 Å². The first kappa shape index (κ1) is 15.8. The maximum atomic E-state index is 12.0. The van der Waals surface area contributed by atoms with Crippen LogP contribution in [0.25, 0.3) is 0 Å². The molecule has 6 nitrogen and oxygen atoms in total. The van der Waals surface area contributed by atoms with E-state index in [1.807, 2.05) is 18.3 Å². The Balaban J connectivity index is 1.56. The minimum absolute atomic E-state index is 0.343. The molecule has 122 valence electrons. The van der Waals surface area contributed by atoms with Crippen LogP contribution in [0, 0.1) is 11.3 Å². The Bertz CT molecular complexity index is 777. The van der Waals surface area contributed by atoms with Crippen LogP contribution in [-0.4, -0.2) is 18.1 Å². The van der Waals surface area contributed by atoms with Crippen molar-refractivity contribution < 1.29 is 9.53 Å². The van der Waals surface area contributed by atoms with Crippen LogP contribution >= 0.6 is 0 Å². The van der Waals surface area contributed by atoms with Crippen LogP contribution in [-0.2, 0) is 6.54 Å². The van der Waals surface area contributed by atoms with Crippen molar-refractivity contribution in [3.63, 3.8) is 0 Å². The zero-order chi connectivity index (χ0) is 16.9. The van der Waals surface area contributed by atoms with Gasteiger partial charge in [-0.15, -0.1) is 0 Å². The number of carbonyl (C=O) groups is 1. The summed E-state index contributed by atoms with van der Waals surface area (Å²) in [7, 11) is 1.49. The molecule has 1 aromatic heterocycles. The number of urea groups is 1. The first-order valence-corrected chi connectivity index (χ1v) is 7.77. The highest BCUT2D eigenvalue weighted by atomic mass is 16.5. The lowest BCUT2D eigenvalue weighted by Gasteiger charge is -2.11. The third-order valence-corrected chi connectivity index (χ3v) is 3.91. The Hall–Kier alpha value is -3.07. The molecule has 1 aliphatic rings. The van der Waals surface area contributed by atoms with Crippen molar-refractivity contribution in [1.29, 1.82) is 5.26 Å². The SMILES string of the molecule is COc1cc(C#N)ccc1NC(=O)NCc1ccc(C2CC2)cn1. The summed E-state index contributed by atoms with van der Waals surface area (Å²) in [6.45, 7) is 0.343. The second-order valence-electron chi connectivity index (χ2n) is 5.69. The first-order chi connectivity index (χ1) is 11.7. The van der Waals surface area contributed by atoms with Gasteiger partial charge in [0.2, 0.25) is 0 Å². The second kappa shape index (κ2) is 7.01. The average molecular weight is 322 g/mol. The molecular formula is C18H18N4O2. The summed E-state index contributed by atoms with van der Waals surface area (Å²) in [4.78, 5) is 16.4. The molecule has 0 saturated heterocycles. The number of carbonyl (C=O) groups excluding carboxylic acids is 1. The zero-order valence-electron chi connectivity index (χ0n) is 13.4. The molecule has 2 amide bonds. The highest BCUT2D eigenvalue weighted by Crippen LogP contribution is 2.39. The Labute approximate surface area is 140 Å². The fourth-order valence-corrected chi connectivity index (χ4v) is 2.40. The fraction of sp³-hybridized carbons (Fsp3) is 0.278. The Morgan fingerprint density at radius 1 is 1.38 bits per heavy atom. The lowest BCUT2D eigenvalue weighted by atomic mass is 10.2. The molecule has 0 unspecified atom stereocenters. The average Bonchev–Trinajstić information content (AvgIpc) is 3.46. The lowest BCUT2D eigenvalue weighted by Crippen LogP contribution is -2.28. The molecule has 0 atom stereocenters. The highest BCUT2D eigenvalue weighted by molar-refractivity contribution is 5.91. The van der Waals surface area contributed by atoms with Gasteiger partial charge >= 0.3 is 6.03 Å². The van der Waals surface area contributed by atoms with Gasteiger partial charge in [-0.05, 0) is 42.5 Å². The van der Waals surface area contributed by atoms with E-state index in [4.69, 9.17) is 10.00 Å². The lowest BCUT2D eigenvalue weighted by molar-refractivity contribution is 0.251. The quantitative estimate of drug-likeness (QED) is 0.885. The zero-order valence-corrected chi connectivity index (χ0v) is 13.4.